The molecule has 0 aliphatic carbocycles. The van der Waals surface area contributed by atoms with Crippen LogP contribution in [0.5, 0.6) is 0 Å². The van der Waals surface area contributed by atoms with E-state index < -0.39 is 6.04 Å². The van der Waals surface area contributed by atoms with Gasteiger partial charge in [0.15, 0.2) is 6.67 Å². The number of piperazine rings is 1. The van der Waals surface area contributed by atoms with Gasteiger partial charge in [-0.3, -0.25) is 9.69 Å². The number of benzene rings is 2. The van der Waals surface area contributed by atoms with Crippen LogP contribution in [0.25, 0.3) is 0 Å². The number of hydrogen-bond acceptors (Lipinski definition) is 3. The third kappa shape index (κ3) is 3.82. The van der Waals surface area contributed by atoms with Gasteiger partial charge in [-0.1, -0.05) is 17.7 Å². The van der Waals surface area contributed by atoms with Crippen LogP contribution < -0.4 is 14.7 Å². The number of anilines is 2. The molecule has 2 aromatic rings. The van der Waals surface area contributed by atoms with Crippen molar-refractivity contribution in [3.05, 3.63) is 59.9 Å². The molecule has 2 aliphatic heterocycles. The molecule has 1 N–H and O–H groups in total. The first-order chi connectivity index (χ1) is 13.9. The van der Waals surface area contributed by atoms with E-state index in [9.17, 15) is 14.0 Å². The SMILES string of the molecule is Cc1ccc(N2C(=O)N(C[NH+]3CCN(c4ccc(F)cc4)CC3)C(=O)[C@@H]2C)cc1. The first-order valence-corrected chi connectivity index (χ1v) is 9.99. The van der Waals surface area contributed by atoms with Crippen molar-refractivity contribution in [2.45, 2.75) is 19.9 Å². The summed E-state index contributed by atoms with van der Waals surface area (Å²) in [7, 11) is 0. The lowest BCUT2D eigenvalue weighted by Crippen LogP contribution is -3.16. The van der Waals surface area contributed by atoms with Crippen LogP contribution >= 0.6 is 0 Å². The normalized spacial score (nSPS) is 20.7. The van der Waals surface area contributed by atoms with E-state index in [0.29, 0.717) is 6.67 Å². The van der Waals surface area contributed by atoms with Crippen molar-refractivity contribution in [1.82, 2.24) is 4.90 Å². The largest absolute Gasteiger partial charge is 0.360 e. The molecule has 3 amide bonds. The fraction of sp³-hybridized carbons (Fsp3) is 0.364. The second-order valence-electron chi connectivity index (χ2n) is 7.80. The summed E-state index contributed by atoms with van der Waals surface area (Å²) in [6.07, 6.45) is 0. The van der Waals surface area contributed by atoms with Crippen LogP contribution in [0.4, 0.5) is 20.6 Å². The second-order valence-corrected chi connectivity index (χ2v) is 7.80. The first-order valence-electron chi connectivity index (χ1n) is 9.99. The lowest BCUT2D eigenvalue weighted by atomic mass is 10.2. The predicted molar refractivity (Wildman–Crippen MR) is 110 cm³/mol. The topological polar surface area (TPSA) is 48.3 Å². The Kier molecular flexibility index (Phi) is 5.24. The molecular weight excluding hydrogens is 371 g/mol. The fourth-order valence-electron chi connectivity index (χ4n) is 4.03. The number of quaternary nitrogens is 1. The van der Waals surface area contributed by atoms with Crippen molar-refractivity contribution in [3.8, 4) is 0 Å². The van der Waals surface area contributed by atoms with Gasteiger partial charge in [0.1, 0.15) is 11.9 Å². The van der Waals surface area contributed by atoms with Gasteiger partial charge in [0.05, 0.1) is 26.2 Å². The maximum atomic E-state index is 13.1. The standard InChI is InChI=1S/C22H25FN4O2/c1-16-3-7-20(8-4-16)27-17(2)21(28)26(22(27)29)15-24-11-13-25(14-12-24)19-9-5-18(23)6-10-19/h3-10,17H,11-15H2,1-2H3/p+1/t17-/m0/s1. The van der Waals surface area contributed by atoms with E-state index in [-0.39, 0.29) is 17.8 Å². The number of urea groups is 1. The molecule has 2 saturated heterocycles. The van der Waals surface area contributed by atoms with Gasteiger partial charge in [-0.05, 0) is 50.2 Å². The summed E-state index contributed by atoms with van der Waals surface area (Å²) in [6.45, 7) is 7.37. The summed E-state index contributed by atoms with van der Waals surface area (Å²) in [5.74, 6) is -0.389. The third-order valence-corrected chi connectivity index (χ3v) is 5.80. The van der Waals surface area contributed by atoms with Gasteiger partial charge in [0, 0.05) is 11.4 Å². The second kappa shape index (κ2) is 7.83. The van der Waals surface area contributed by atoms with Crippen LogP contribution in [0.3, 0.4) is 0 Å². The molecular formula is C22H26FN4O2+. The molecule has 29 heavy (non-hydrogen) atoms. The number of nitrogens with one attached hydrogen (secondary N) is 1. The number of amides is 3. The molecule has 0 unspecified atom stereocenters. The van der Waals surface area contributed by atoms with Crippen molar-refractivity contribution in [2.24, 2.45) is 0 Å². The zero-order chi connectivity index (χ0) is 20.5. The molecule has 2 aromatic carbocycles. The number of aryl methyl sites for hydroxylation is 1. The molecule has 2 fully saturated rings. The predicted octanol–water partition coefficient (Wildman–Crippen LogP) is 1.65. The van der Waals surface area contributed by atoms with E-state index in [0.717, 1.165) is 43.1 Å². The van der Waals surface area contributed by atoms with Gasteiger partial charge >= 0.3 is 6.03 Å². The number of carbonyl (C=O) groups is 2. The molecule has 4 rings (SSSR count). The summed E-state index contributed by atoms with van der Waals surface area (Å²) in [5, 5.41) is 0. The Morgan fingerprint density at radius 3 is 2.17 bits per heavy atom. The van der Waals surface area contributed by atoms with Gasteiger partial charge < -0.3 is 9.80 Å². The molecule has 152 valence electrons. The Bertz CT molecular complexity index is 892. The smallest absolute Gasteiger partial charge is 0.336 e. The zero-order valence-corrected chi connectivity index (χ0v) is 16.8. The van der Waals surface area contributed by atoms with Gasteiger partial charge in [-0.25, -0.2) is 14.1 Å². The van der Waals surface area contributed by atoms with E-state index in [1.165, 1.54) is 21.9 Å². The number of carbonyl (C=O) groups excluding carboxylic acids is 2. The molecule has 1 atom stereocenters. The maximum absolute atomic E-state index is 13.1. The Hall–Kier alpha value is -2.93. The lowest BCUT2D eigenvalue weighted by molar-refractivity contribution is -0.907. The van der Waals surface area contributed by atoms with E-state index in [2.05, 4.69) is 4.90 Å². The molecule has 0 saturated carbocycles. The van der Waals surface area contributed by atoms with Crippen LogP contribution in [-0.4, -0.2) is 55.7 Å². The van der Waals surface area contributed by atoms with Crippen LogP contribution in [0.15, 0.2) is 48.5 Å². The molecule has 0 bridgehead atoms. The van der Waals surface area contributed by atoms with E-state index in [1.807, 2.05) is 31.2 Å². The van der Waals surface area contributed by atoms with Crippen molar-refractivity contribution >= 4 is 23.3 Å². The average Bonchev–Trinajstić information content (AvgIpc) is 2.93. The first kappa shape index (κ1) is 19.4. The highest BCUT2D eigenvalue weighted by Gasteiger charge is 2.45. The summed E-state index contributed by atoms with van der Waals surface area (Å²) in [5.41, 5.74) is 2.86. The van der Waals surface area contributed by atoms with E-state index in [1.54, 1.807) is 24.0 Å². The quantitative estimate of drug-likeness (QED) is 0.799. The molecule has 0 radical (unpaired) electrons. The minimum Gasteiger partial charge on any atom is -0.360 e. The highest BCUT2D eigenvalue weighted by molar-refractivity contribution is 6.13. The molecule has 2 aliphatic rings. The molecule has 2 heterocycles. The Labute approximate surface area is 170 Å². The van der Waals surface area contributed by atoms with Crippen molar-refractivity contribution < 1.29 is 18.9 Å². The average molecular weight is 397 g/mol. The highest BCUT2D eigenvalue weighted by Crippen LogP contribution is 2.25. The minimum absolute atomic E-state index is 0.149. The lowest BCUT2D eigenvalue weighted by Gasteiger charge is -2.34. The van der Waals surface area contributed by atoms with Crippen LogP contribution in [0.2, 0.25) is 0 Å². The summed E-state index contributed by atoms with van der Waals surface area (Å²) < 4.78 is 13.1. The molecule has 6 nitrogen and oxygen atoms in total. The molecule has 0 aromatic heterocycles. The monoisotopic (exact) mass is 397 g/mol. The van der Waals surface area contributed by atoms with Crippen LogP contribution in [-0.2, 0) is 4.79 Å². The van der Waals surface area contributed by atoms with E-state index in [4.69, 9.17) is 0 Å². The molecule has 7 heteroatoms. The number of rotatable bonds is 4. The number of nitrogens with zero attached hydrogens (tertiary/aromatic N) is 3. The number of halogens is 1. The van der Waals surface area contributed by atoms with Gasteiger partial charge in [-0.2, -0.15) is 0 Å². The fourth-order valence-corrected chi connectivity index (χ4v) is 4.03. The summed E-state index contributed by atoms with van der Waals surface area (Å²) >= 11 is 0. The van der Waals surface area contributed by atoms with Gasteiger partial charge in [0.2, 0.25) is 0 Å². The zero-order valence-electron chi connectivity index (χ0n) is 16.8. The number of hydrogen-bond donors (Lipinski definition) is 1. The Balaban J connectivity index is 1.39. The third-order valence-electron chi connectivity index (χ3n) is 5.80. The number of imide groups is 1. The van der Waals surface area contributed by atoms with Crippen LogP contribution in [0, 0.1) is 12.7 Å². The van der Waals surface area contributed by atoms with Gasteiger partial charge in [-0.15, -0.1) is 0 Å². The summed E-state index contributed by atoms with van der Waals surface area (Å²) in [4.78, 5) is 32.1. The van der Waals surface area contributed by atoms with Gasteiger partial charge in [0.25, 0.3) is 5.91 Å². The molecule has 0 spiro atoms. The Morgan fingerprint density at radius 2 is 1.55 bits per heavy atom. The minimum atomic E-state index is -0.495. The Morgan fingerprint density at radius 1 is 0.966 bits per heavy atom. The van der Waals surface area contributed by atoms with Crippen LogP contribution in [0.1, 0.15) is 12.5 Å². The van der Waals surface area contributed by atoms with Crippen molar-refractivity contribution in [1.29, 1.82) is 0 Å². The highest BCUT2D eigenvalue weighted by atomic mass is 19.1. The summed E-state index contributed by atoms with van der Waals surface area (Å²) in [6, 6.07) is 13.4. The maximum Gasteiger partial charge on any atom is 0.336 e. The van der Waals surface area contributed by atoms with Crippen molar-refractivity contribution in [2.75, 3.05) is 42.6 Å². The van der Waals surface area contributed by atoms with Crippen molar-refractivity contribution in [3.63, 3.8) is 0 Å². The van der Waals surface area contributed by atoms with E-state index >= 15 is 0 Å².